The SMILES string of the molecule is CC(C)(C)OC(=O)N1CC(CNc2ccc(C(F)(F)F)cc2)C1. The molecule has 23 heavy (non-hydrogen) atoms. The Morgan fingerprint density at radius 2 is 1.78 bits per heavy atom. The van der Waals surface area contributed by atoms with Crippen LogP contribution in [0.1, 0.15) is 26.3 Å². The fourth-order valence-corrected chi connectivity index (χ4v) is 2.21. The number of benzene rings is 1. The lowest BCUT2D eigenvalue weighted by Gasteiger charge is -2.40. The van der Waals surface area contributed by atoms with Gasteiger partial charge in [0.05, 0.1) is 5.56 Å². The van der Waals surface area contributed by atoms with Crippen LogP contribution in [0.2, 0.25) is 0 Å². The van der Waals surface area contributed by atoms with E-state index in [0.29, 0.717) is 25.3 Å². The zero-order valence-electron chi connectivity index (χ0n) is 13.4. The number of hydrogen-bond acceptors (Lipinski definition) is 3. The van der Waals surface area contributed by atoms with E-state index >= 15 is 0 Å². The summed E-state index contributed by atoms with van der Waals surface area (Å²) in [7, 11) is 0. The molecule has 1 aliphatic heterocycles. The number of ether oxygens (including phenoxy) is 1. The first kappa shape index (κ1) is 17.4. The maximum atomic E-state index is 12.5. The Kier molecular flexibility index (Phi) is 4.77. The molecule has 128 valence electrons. The van der Waals surface area contributed by atoms with Crippen molar-refractivity contribution in [3.05, 3.63) is 29.8 Å². The standard InChI is InChI=1S/C16H21F3N2O2/c1-15(2,3)23-14(22)21-9-11(10-21)8-20-13-6-4-12(5-7-13)16(17,18)19/h4-7,11,20H,8-10H2,1-3H3. The highest BCUT2D eigenvalue weighted by molar-refractivity contribution is 5.69. The normalized spacial score (nSPS) is 16.0. The summed E-state index contributed by atoms with van der Waals surface area (Å²) >= 11 is 0. The molecule has 1 aliphatic rings. The fraction of sp³-hybridized carbons (Fsp3) is 0.562. The lowest BCUT2D eigenvalue weighted by molar-refractivity contribution is -0.137. The second-order valence-corrected chi connectivity index (χ2v) is 6.71. The Bertz CT molecular complexity index is 544. The second-order valence-electron chi connectivity index (χ2n) is 6.71. The van der Waals surface area contributed by atoms with Gasteiger partial charge in [0.15, 0.2) is 0 Å². The minimum Gasteiger partial charge on any atom is -0.444 e. The van der Waals surface area contributed by atoms with E-state index in [-0.39, 0.29) is 12.0 Å². The number of nitrogens with zero attached hydrogens (tertiary/aromatic N) is 1. The predicted molar refractivity (Wildman–Crippen MR) is 81.2 cm³/mol. The van der Waals surface area contributed by atoms with Gasteiger partial charge in [-0.1, -0.05) is 0 Å². The molecule has 4 nitrogen and oxygen atoms in total. The lowest BCUT2D eigenvalue weighted by atomic mass is 10.0. The highest BCUT2D eigenvalue weighted by atomic mass is 19.4. The Hall–Kier alpha value is -1.92. The second kappa shape index (κ2) is 6.29. The molecule has 1 heterocycles. The molecular formula is C16H21F3N2O2. The van der Waals surface area contributed by atoms with Crippen LogP contribution < -0.4 is 5.32 Å². The fourth-order valence-electron chi connectivity index (χ4n) is 2.21. The summed E-state index contributed by atoms with van der Waals surface area (Å²) in [6.07, 6.45) is -4.65. The Morgan fingerprint density at radius 1 is 1.22 bits per heavy atom. The number of anilines is 1. The molecule has 0 bridgehead atoms. The summed E-state index contributed by atoms with van der Waals surface area (Å²) in [5, 5.41) is 3.09. The van der Waals surface area contributed by atoms with Gasteiger partial charge in [-0.3, -0.25) is 0 Å². The van der Waals surface area contributed by atoms with E-state index in [2.05, 4.69) is 5.32 Å². The molecule has 7 heteroatoms. The summed E-state index contributed by atoms with van der Waals surface area (Å²) in [5.41, 5.74) is -0.544. The van der Waals surface area contributed by atoms with Crippen molar-refractivity contribution < 1.29 is 22.7 Å². The first-order valence-electron chi connectivity index (χ1n) is 7.44. The maximum Gasteiger partial charge on any atom is 0.416 e. The van der Waals surface area contributed by atoms with Crippen molar-refractivity contribution in [1.82, 2.24) is 4.90 Å². The van der Waals surface area contributed by atoms with E-state index < -0.39 is 17.3 Å². The van der Waals surface area contributed by atoms with Gasteiger partial charge < -0.3 is 15.0 Å². The molecule has 0 spiro atoms. The number of halogens is 3. The van der Waals surface area contributed by atoms with Crippen LogP contribution >= 0.6 is 0 Å². The molecule has 1 N–H and O–H groups in total. The average Bonchev–Trinajstić information content (AvgIpc) is 2.34. The first-order chi connectivity index (χ1) is 10.5. The average molecular weight is 330 g/mol. The van der Waals surface area contributed by atoms with Crippen molar-refractivity contribution in [1.29, 1.82) is 0 Å². The highest BCUT2D eigenvalue weighted by Gasteiger charge is 2.33. The highest BCUT2D eigenvalue weighted by Crippen LogP contribution is 2.30. The minimum absolute atomic E-state index is 0.268. The number of likely N-dealkylation sites (tertiary alicyclic amines) is 1. The molecule has 1 aromatic carbocycles. The van der Waals surface area contributed by atoms with Gasteiger partial charge >= 0.3 is 12.3 Å². The van der Waals surface area contributed by atoms with Crippen LogP contribution in [0.3, 0.4) is 0 Å². The van der Waals surface area contributed by atoms with Crippen molar-refractivity contribution in [3.63, 3.8) is 0 Å². The van der Waals surface area contributed by atoms with Crippen LogP contribution in [0.5, 0.6) is 0 Å². The molecule has 0 aromatic heterocycles. The first-order valence-corrected chi connectivity index (χ1v) is 7.44. The molecule has 0 saturated carbocycles. The zero-order chi connectivity index (χ0) is 17.3. The monoisotopic (exact) mass is 330 g/mol. The molecule has 1 fully saturated rings. The molecule has 0 atom stereocenters. The summed E-state index contributed by atoms with van der Waals surface area (Å²) in [6, 6.07) is 4.92. The molecule has 1 amide bonds. The van der Waals surface area contributed by atoms with Crippen LogP contribution in [0, 0.1) is 5.92 Å². The van der Waals surface area contributed by atoms with E-state index in [1.165, 1.54) is 12.1 Å². The summed E-state index contributed by atoms with van der Waals surface area (Å²) in [4.78, 5) is 13.4. The largest absolute Gasteiger partial charge is 0.444 e. The summed E-state index contributed by atoms with van der Waals surface area (Å²) in [6.45, 7) is 7.22. The van der Waals surface area contributed by atoms with Crippen LogP contribution in [-0.2, 0) is 10.9 Å². The number of amides is 1. The number of alkyl halides is 3. The van der Waals surface area contributed by atoms with Crippen LogP contribution in [0.25, 0.3) is 0 Å². The third kappa shape index (κ3) is 5.04. The molecule has 0 aliphatic carbocycles. The number of carbonyl (C=O) groups is 1. The van der Waals surface area contributed by atoms with Gasteiger partial charge in [0.2, 0.25) is 0 Å². The van der Waals surface area contributed by atoms with E-state index in [0.717, 1.165) is 12.1 Å². The van der Waals surface area contributed by atoms with Crippen LogP contribution in [0.4, 0.5) is 23.7 Å². The van der Waals surface area contributed by atoms with Crippen molar-refractivity contribution in [2.75, 3.05) is 25.0 Å². The van der Waals surface area contributed by atoms with E-state index in [9.17, 15) is 18.0 Å². The van der Waals surface area contributed by atoms with E-state index in [4.69, 9.17) is 4.74 Å². The summed E-state index contributed by atoms with van der Waals surface area (Å²) < 4.78 is 42.6. The van der Waals surface area contributed by atoms with Crippen LogP contribution in [-0.4, -0.2) is 36.2 Å². The van der Waals surface area contributed by atoms with Crippen LogP contribution in [0.15, 0.2) is 24.3 Å². The van der Waals surface area contributed by atoms with E-state index in [1.54, 1.807) is 4.90 Å². The van der Waals surface area contributed by atoms with Gasteiger partial charge in [0, 0.05) is 31.2 Å². The van der Waals surface area contributed by atoms with Crippen molar-refractivity contribution in [2.24, 2.45) is 5.92 Å². The number of hydrogen-bond donors (Lipinski definition) is 1. The van der Waals surface area contributed by atoms with Gasteiger partial charge in [-0.25, -0.2) is 4.79 Å². The predicted octanol–water partition coefficient (Wildman–Crippen LogP) is 3.98. The van der Waals surface area contributed by atoms with Crippen molar-refractivity contribution in [3.8, 4) is 0 Å². The molecule has 2 rings (SSSR count). The van der Waals surface area contributed by atoms with Crippen molar-refractivity contribution in [2.45, 2.75) is 32.5 Å². The third-order valence-electron chi connectivity index (χ3n) is 3.42. The number of nitrogens with one attached hydrogen (secondary N) is 1. The Balaban J connectivity index is 1.74. The quantitative estimate of drug-likeness (QED) is 0.911. The van der Waals surface area contributed by atoms with E-state index in [1.807, 2.05) is 20.8 Å². The van der Waals surface area contributed by atoms with Gasteiger partial charge in [0.25, 0.3) is 0 Å². The Labute approximate surface area is 133 Å². The topological polar surface area (TPSA) is 41.6 Å². The summed E-state index contributed by atoms with van der Waals surface area (Å²) in [5.74, 6) is 0.268. The Morgan fingerprint density at radius 3 is 2.26 bits per heavy atom. The smallest absolute Gasteiger partial charge is 0.416 e. The molecule has 0 radical (unpaired) electrons. The number of rotatable bonds is 3. The zero-order valence-corrected chi connectivity index (χ0v) is 13.4. The lowest BCUT2D eigenvalue weighted by Crippen LogP contribution is -2.53. The maximum absolute atomic E-state index is 12.5. The molecule has 1 saturated heterocycles. The minimum atomic E-state index is -4.32. The third-order valence-corrected chi connectivity index (χ3v) is 3.42. The van der Waals surface area contributed by atoms with Gasteiger partial charge in [-0.2, -0.15) is 13.2 Å². The van der Waals surface area contributed by atoms with Crippen molar-refractivity contribution >= 4 is 11.8 Å². The van der Waals surface area contributed by atoms with Gasteiger partial charge in [-0.05, 0) is 45.0 Å². The molecule has 0 unspecified atom stereocenters. The molecular weight excluding hydrogens is 309 g/mol. The number of carbonyl (C=O) groups excluding carboxylic acids is 1. The molecule has 1 aromatic rings. The van der Waals surface area contributed by atoms with Gasteiger partial charge in [0.1, 0.15) is 5.60 Å². The van der Waals surface area contributed by atoms with Gasteiger partial charge in [-0.15, -0.1) is 0 Å².